The molecule has 8 nitrogen and oxygen atoms in total. The second-order valence-corrected chi connectivity index (χ2v) is 9.86. The van der Waals surface area contributed by atoms with E-state index in [0.29, 0.717) is 6.42 Å². The van der Waals surface area contributed by atoms with Crippen LogP contribution in [0.3, 0.4) is 0 Å². The molecule has 1 atom stereocenters. The number of sulfonamides is 1. The number of nitrogens with two attached hydrogens (primary N) is 1. The van der Waals surface area contributed by atoms with Crippen molar-refractivity contribution in [3.63, 3.8) is 0 Å². The number of anilines is 1. The third kappa shape index (κ3) is 4.08. The Morgan fingerprint density at radius 2 is 1.97 bits per heavy atom. The Labute approximate surface area is 193 Å². The van der Waals surface area contributed by atoms with E-state index in [1.807, 2.05) is 22.9 Å². The molecule has 5 rings (SSSR count). The van der Waals surface area contributed by atoms with Crippen molar-refractivity contribution >= 4 is 26.9 Å². The minimum Gasteiger partial charge on any atom is -0.408 e. The summed E-state index contributed by atoms with van der Waals surface area (Å²) in [6.45, 7) is 0.124. The molecule has 0 spiro atoms. The number of rotatable bonds is 5. The van der Waals surface area contributed by atoms with Crippen molar-refractivity contribution in [2.45, 2.75) is 36.7 Å². The van der Waals surface area contributed by atoms with E-state index in [2.05, 4.69) is 4.98 Å². The fraction of sp³-hybridized carbons (Fsp3) is 0.217. The molecule has 0 bridgehead atoms. The van der Waals surface area contributed by atoms with E-state index >= 15 is 0 Å². The minimum atomic E-state index is -4.47. The summed E-state index contributed by atoms with van der Waals surface area (Å²) in [6.07, 6.45) is 2.40. The summed E-state index contributed by atoms with van der Waals surface area (Å²) in [7, 11) is -4.47. The van der Waals surface area contributed by atoms with E-state index < -0.39 is 32.4 Å². The third-order valence-corrected chi connectivity index (χ3v) is 7.28. The summed E-state index contributed by atoms with van der Waals surface area (Å²) < 4.78 is 62.2. The number of oxazole rings is 1. The van der Waals surface area contributed by atoms with Crippen molar-refractivity contribution in [3.05, 3.63) is 87.5 Å². The van der Waals surface area contributed by atoms with Gasteiger partial charge in [-0.2, -0.15) is 4.39 Å². The molecule has 1 aliphatic rings. The molecule has 2 aromatic heterocycles. The molecule has 0 amide bonds. The Morgan fingerprint density at radius 1 is 1.18 bits per heavy atom. The monoisotopic (exact) mass is 486 g/mol. The molecule has 0 saturated heterocycles. The van der Waals surface area contributed by atoms with Gasteiger partial charge in [-0.15, -0.1) is 0 Å². The lowest BCUT2D eigenvalue weighted by Crippen LogP contribution is -2.29. The van der Waals surface area contributed by atoms with E-state index in [1.54, 1.807) is 0 Å². The van der Waals surface area contributed by atoms with Gasteiger partial charge in [0.2, 0.25) is 5.95 Å². The molecule has 2 aromatic carbocycles. The van der Waals surface area contributed by atoms with Crippen LogP contribution >= 0.6 is 0 Å². The van der Waals surface area contributed by atoms with Gasteiger partial charge in [0, 0.05) is 18.2 Å². The van der Waals surface area contributed by atoms with Crippen LogP contribution < -0.4 is 16.2 Å². The molecule has 1 aliphatic carbocycles. The fourth-order valence-corrected chi connectivity index (χ4v) is 5.36. The number of pyridine rings is 1. The van der Waals surface area contributed by atoms with Gasteiger partial charge in [0.05, 0.1) is 12.1 Å². The molecule has 4 aromatic rings. The van der Waals surface area contributed by atoms with Crippen molar-refractivity contribution < 1.29 is 21.6 Å². The van der Waals surface area contributed by atoms with E-state index in [0.717, 1.165) is 47.7 Å². The highest BCUT2D eigenvalue weighted by atomic mass is 32.2. The smallest absolute Gasteiger partial charge is 0.408 e. The number of hydrogen-bond acceptors (Lipinski definition) is 6. The van der Waals surface area contributed by atoms with Gasteiger partial charge in [0.1, 0.15) is 16.5 Å². The standard InChI is InChI=1S/C23H20F2N4O4S/c24-17-10-18-19(11-20(17)34(31,32)28-22-6-2-5-21(25)27-22)33-23(30)29(18)12-14-4-1-3-13-7-8-15(26)9-16(13)14/h1-6,10-11,15H,7-9,12,26H2,(H,27,28)/t15-/m1/s1. The summed E-state index contributed by atoms with van der Waals surface area (Å²) in [4.78, 5) is 15.3. The zero-order chi connectivity index (χ0) is 24.0. The predicted octanol–water partition coefficient (Wildman–Crippen LogP) is 2.93. The maximum absolute atomic E-state index is 15.0. The van der Waals surface area contributed by atoms with Gasteiger partial charge in [0.25, 0.3) is 10.0 Å². The lowest BCUT2D eigenvalue weighted by atomic mass is 9.85. The van der Waals surface area contributed by atoms with Gasteiger partial charge in [0.15, 0.2) is 5.58 Å². The molecule has 0 aliphatic heterocycles. The number of aryl methyl sites for hydroxylation is 1. The lowest BCUT2D eigenvalue weighted by Gasteiger charge is -2.24. The number of nitrogens with one attached hydrogen (secondary N) is 1. The summed E-state index contributed by atoms with van der Waals surface area (Å²) in [5.74, 6) is -3.06. The van der Waals surface area contributed by atoms with Crippen molar-refractivity contribution in [3.8, 4) is 0 Å². The normalized spacial score (nSPS) is 15.9. The first-order valence-electron chi connectivity index (χ1n) is 10.5. The average molecular weight is 487 g/mol. The number of nitrogens with zero attached hydrogens (tertiary/aromatic N) is 2. The first kappa shape index (κ1) is 22.2. The number of benzene rings is 2. The van der Waals surface area contributed by atoms with Gasteiger partial charge in [-0.05, 0) is 48.1 Å². The molecule has 34 heavy (non-hydrogen) atoms. The Bertz CT molecular complexity index is 1580. The number of hydrogen-bond donors (Lipinski definition) is 2. The van der Waals surface area contributed by atoms with Crippen LogP contribution in [0.15, 0.2) is 62.6 Å². The second kappa shape index (κ2) is 8.33. The van der Waals surface area contributed by atoms with Gasteiger partial charge in [-0.3, -0.25) is 9.29 Å². The molecule has 0 unspecified atom stereocenters. The quantitative estimate of drug-likeness (QED) is 0.419. The molecule has 11 heteroatoms. The first-order valence-corrected chi connectivity index (χ1v) is 12.0. The maximum atomic E-state index is 15.0. The second-order valence-electron chi connectivity index (χ2n) is 8.21. The molecule has 0 saturated carbocycles. The Hall–Kier alpha value is -3.57. The van der Waals surface area contributed by atoms with Crippen molar-refractivity contribution in [2.24, 2.45) is 5.73 Å². The van der Waals surface area contributed by atoms with Crippen LogP contribution in [-0.2, 0) is 29.4 Å². The zero-order valence-electron chi connectivity index (χ0n) is 17.8. The van der Waals surface area contributed by atoms with Gasteiger partial charge >= 0.3 is 5.76 Å². The Balaban J connectivity index is 1.53. The maximum Gasteiger partial charge on any atom is 0.420 e. The van der Waals surface area contributed by atoms with E-state index in [-0.39, 0.29) is 29.5 Å². The number of aromatic nitrogens is 2. The van der Waals surface area contributed by atoms with Crippen LogP contribution in [0.4, 0.5) is 14.6 Å². The van der Waals surface area contributed by atoms with Crippen LogP contribution in [0, 0.1) is 11.8 Å². The number of halogens is 2. The van der Waals surface area contributed by atoms with Crippen LogP contribution in [0.1, 0.15) is 23.1 Å². The van der Waals surface area contributed by atoms with E-state index in [4.69, 9.17) is 10.2 Å². The average Bonchev–Trinajstić information content (AvgIpc) is 3.07. The van der Waals surface area contributed by atoms with Crippen LogP contribution in [-0.4, -0.2) is 24.0 Å². The van der Waals surface area contributed by atoms with Gasteiger partial charge < -0.3 is 10.2 Å². The van der Waals surface area contributed by atoms with Crippen molar-refractivity contribution in [1.82, 2.24) is 9.55 Å². The van der Waals surface area contributed by atoms with Gasteiger partial charge in [-0.1, -0.05) is 24.3 Å². The van der Waals surface area contributed by atoms with Crippen LogP contribution in [0.2, 0.25) is 0 Å². The first-order chi connectivity index (χ1) is 16.2. The predicted molar refractivity (Wildman–Crippen MR) is 121 cm³/mol. The highest BCUT2D eigenvalue weighted by Crippen LogP contribution is 2.27. The minimum absolute atomic E-state index is 0.0248. The summed E-state index contributed by atoms with van der Waals surface area (Å²) >= 11 is 0. The molecule has 176 valence electrons. The van der Waals surface area contributed by atoms with Crippen molar-refractivity contribution in [1.29, 1.82) is 0 Å². The Morgan fingerprint density at radius 3 is 2.76 bits per heavy atom. The molecule has 0 radical (unpaired) electrons. The molecule has 3 N–H and O–H groups in total. The zero-order valence-corrected chi connectivity index (χ0v) is 18.6. The topological polar surface area (TPSA) is 120 Å². The highest BCUT2D eigenvalue weighted by molar-refractivity contribution is 7.92. The SMILES string of the molecule is N[C@@H]1CCc2cccc(Cn3c(=O)oc4cc(S(=O)(=O)Nc5cccc(F)n5)c(F)cc43)c2C1. The molecular formula is C23H20F2N4O4S. The van der Waals surface area contributed by atoms with Crippen LogP contribution in [0.25, 0.3) is 11.1 Å². The summed E-state index contributed by atoms with van der Waals surface area (Å²) in [5.41, 5.74) is 9.24. The third-order valence-electron chi connectivity index (χ3n) is 5.91. The van der Waals surface area contributed by atoms with Crippen LogP contribution in [0.5, 0.6) is 0 Å². The van der Waals surface area contributed by atoms with Crippen molar-refractivity contribution in [2.75, 3.05) is 4.72 Å². The molecule has 0 fully saturated rings. The molecular weight excluding hydrogens is 466 g/mol. The summed E-state index contributed by atoms with van der Waals surface area (Å²) in [5, 5.41) is 0. The summed E-state index contributed by atoms with van der Waals surface area (Å²) in [6, 6.07) is 11.2. The largest absolute Gasteiger partial charge is 0.420 e. The van der Waals surface area contributed by atoms with E-state index in [9.17, 15) is 22.0 Å². The lowest BCUT2D eigenvalue weighted by molar-refractivity contribution is 0.514. The molecule has 2 heterocycles. The number of fused-ring (bicyclic) bond motifs is 2. The van der Waals surface area contributed by atoms with E-state index in [1.165, 1.54) is 16.7 Å². The van der Waals surface area contributed by atoms with Gasteiger partial charge in [-0.25, -0.2) is 22.6 Å². The fourth-order valence-electron chi connectivity index (χ4n) is 4.29. The Kier molecular flexibility index (Phi) is 5.45. The highest BCUT2D eigenvalue weighted by Gasteiger charge is 2.25.